The minimum absolute atomic E-state index is 0.695. The minimum Gasteiger partial charge on any atom is -0.454 e. The Morgan fingerprint density at radius 3 is 2.48 bits per heavy atom. The zero-order chi connectivity index (χ0) is 18.8. The Kier molecular flexibility index (Phi) is 5.19. The van der Waals surface area contributed by atoms with E-state index < -0.39 is 0 Å². The maximum Gasteiger partial charge on any atom is 0.162 e. The lowest BCUT2D eigenvalue weighted by atomic mass is 10.2. The first kappa shape index (κ1) is 18.1. The van der Waals surface area contributed by atoms with E-state index >= 15 is 0 Å². The molecule has 1 fully saturated rings. The largest absolute Gasteiger partial charge is 0.454 e. The number of anilines is 1. The van der Waals surface area contributed by atoms with E-state index in [4.69, 9.17) is 28.2 Å². The Bertz CT molecular complexity index is 960. The minimum atomic E-state index is 0.695. The lowest BCUT2D eigenvalue weighted by Crippen LogP contribution is -2.48. The quantitative estimate of drug-likeness (QED) is 0.551. The number of rotatable bonds is 3. The molecule has 0 unspecified atom stereocenters. The SMILES string of the molecule is Cc1cccc(N2CCN(C(=S)c3ccc(-c4cccc(Cl)c4)o3)CC2)c1. The third-order valence-corrected chi connectivity index (χ3v) is 5.55. The predicted molar refractivity (Wildman–Crippen MR) is 116 cm³/mol. The van der Waals surface area contributed by atoms with Crippen molar-refractivity contribution in [1.82, 2.24) is 4.90 Å². The van der Waals surface area contributed by atoms with E-state index in [1.165, 1.54) is 11.3 Å². The van der Waals surface area contributed by atoms with Crippen molar-refractivity contribution in [3.63, 3.8) is 0 Å². The Labute approximate surface area is 170 Å². The lowest BCUT2D eigenvalue weighted by molar-refractivity contribution is 0.385. The molecule has 0 spiro atoms. The third-order valence-electron chi connectivity index (χ3n) is 4.86. The van der Waals surface area contributed by atoms with Gasteiger partial charge in [0.15, 0.2) is 5.76 Å². The summed E-state index contributed by atoms with van der Waals surface area (Å²) in [6.07, 6.45) is 0. The second-order valence-corrected chi connectivity index (χ2v) is 7.62. The first-order valence-electron chi connectivity index (χ1n) is 9.07. The van der Waals surface area contributed by atoms with Gasteiger partial charge in [-0.25, -0.2) is 0 Å². The smallest absolute Gasteiger partial charge is 0.162 e. The molecule has 3 nitrogen and oxygen atoms in total. The molecule has 5 heteroatoms. The number of halogens is 1. The Hall–Kier alpha value is -2.30. The van der Waals surface area contributed by atoms with Crippen molar-refractivity contribution >= 4 is 34.5 Å². The molecule has 2 aromatic carbocycles. The molecule has 0 radical (unpaired) electrons. The van der Waals surface area contributed by atoms with Crippen LogP contribution in [0, 0.1) is 6.92 Å². The summed E-state index contributed by atoms with van der Waals surface area (Å²) in [5.41, 5.74) is 3.53. The van der Waals surface area contributed by atoms with Crippen molar-refractivity contribution in [2.75, 3.05) is 31.1 Å². The Morgan fingerprint density at radius 2 is 1.74 bits per heavy atom. The summed E-state index contributed by atoms with van der Waals surface area (Å²) in [6.45, 7) is 5.81. The zero-order valence-electron chi connectivity index (χ0n) is 15.2. The van der Waals surface area contributed by atoms with Crippen LogP contribution >= 0.6 is 23.8 Å². The molecule has 1 saturated heterocycles. The van der Waals surface area contributed by atoms with Gasteiger partial charge in [0.2, 0.25) is 0 Å². The van der Waals surface area contributed by atoms with Gasteiger partial charge in [-0.15, -0.1) is 0 Å². The van der Waals surface area contributed by atoms with Gasteiger partial charge in [-0.1, -0.05) is 48.1 Å². The fourth-order valence-corrected chi connectivity index (χ4v) is 3.88. The van der Waals surface area contributed by atoms with Crippen molar-refractivity contribution in [2.45, 2.75) is 6.92 Å². The predicted octanol–water partition coefficient (Wildman–Crippen LogP) is 5.41. The van der Waals surface area contributed by atoms with E-state index in [-0.39, 0.29) is 0 Å². The van der Waals surface area contributed by atoms with Crippen LogP contribution in [0.4, 0.5) is 5.69 Å². The van der Waals surface area contributed by atoms with Gasteiger partial charge in [0.25, 0.3) is 0 Å². The molecule has 0 saturated carbocycles. The highest BCUT2D eigenvalue weighted by atomic mass is 35.5. The third kappa shape index (κ3) is 4.02. The van der Waals surface area contributed by atoms with E-state index in [2.05, 4.69) is 41.0 Å². The Morgan fingerprint density at radius 1 is 0.963 bits per heavy atom. The summed E-state index contributed by atoms with van der Waals surface area (Å²) in [7, 11) is 0. The first-order chi connectivity index (χ1) is 13.1. The molecule has 27 heavy (non-hydrogen) atoms. The van der Waals surface area contributed by atoms with E-state index in [0.29, 0.717) is 5.02 Å². The highest BCUT2D eigenvalue weighted by Gasteiger charge is 2.22. The molecule has 1 aromatic heterocycles. The van der Waals surface area contributed by atoms with Crippen LogP contribution in [-0.2, 0) is 0 Å². The fourth-order valence-electron chi connectivity index (χ4n) is 3.40. The van der Waals surface area contributed by atoms with Crippen LogP contribution in [-0.4, -0.2) is 36.1 Å². The number of hydrogen-bond acceptors (Lipinski definition) is 3. The number of aryl methyl sites for hydroxylation is 1. The standard InChI is InChI=1S/C22H21ClN2OS/c1-16-4-2-7-19(14-16)24-10-12-25(13-11-24)22(27)21-9-8-20(26-21)17-5-3-6-18(23)15-17/h2-9,14-15H,10-13H2,1H3. The van der Waals surface area contributed by atoms with Crippen LogP contribution in [0.1, 0.15) is 11.3 Å². The van der Waals surface area contributed by atoms with Crippen LogP contribution in [0.2, 0.25) is 5.02 Å². The van der Waals surface area contributed by atoms with Crippen molar-refractivity contribution in [3.05, 3.63) is 77.0 Å². The molecule has 3 aromatic rings. The number of benzene rings is 2. The molecule has 0 N–H and O–H groups in total. The van der Waals surface area contributed by atoms with E-state index in [1.807, 2.05) is 36.4 Å². The molecule has 0 atom stereocenters. The maximum atomic E-state index is 6.08. The molecule has 138 valence electrons. The second-order valence-electron chi connectivity index (χ2n) is 6.79. The van der Waals surface area contributed by atoms with E-state index in [9.17, 15) is 0 Å². The highest BCUT2D eigenvalue weighted by molar-refractivity contribution is 7.80. The van der Waals surface area contributed by atoms with Crippen molar-refractivity contribution in [2.24, 2.45) is 0 Å². The lowest BCUT2D eigenvalue weighted by Gasteiger charge is -2.37. The van der Waals surface area contributed by atoms with Gasteiger partial charge in [-0.2, -0.15) is 0 Å². The van der Waals surface area contributed by atoms with Crippen LogP contribution < -0.4 is 4.90 Å². The zero-order valence-corrected chi connectivity index (χ0v) is 16.8. The number of furan rings is 1. The average Bonchev–Trinajstić information content (AvgIpc) is 3.18. The Balaban J connectivity index is 1.42. The monoisotopic (exact) mass is 396 g/mol. The fraction of sp³-hybridized carbons (Fsp3) is 0.227. The molecular formula is C22H21ClN2OS. The molecular weight excluding hydrogens is 376 g/mol. The van der Waals surface area contributed by atoms with Gasteiger partial charge in [0.1, 0.15) is 10.7 Å². The summed E-state index contributed by atoms with van der Waals surface area (Å²) in [4.78, 5) is 5.40. The van der Waals surface area contributed by atoms with Gasteiger partial charge >= 0.3 is 0 Å². The molecule has 4 rings (SSSR count). The summed E-state index contributed by atoms with van der Waals surface area (Å²) in [6, 6.07) is 20.2. The number of piperazine rings is 1. The van der Waals surface area contributed by atoms with Gasteiger partial charge in [-0.05, 0) is 48.9 Å². The van der Waals surface area contributed by atoms with Crippen LogP contribution in [0.3, 0.4) is 0 Å². The molecule has 1 aliphatic heterocycles. The van der Waals surface area contributed by atoms with Gasteiger partial charge < -0.3 is 14.2 Å². The normalized spacial score (nSPS) is 14.4. The van der Waals surface area contributed by atoms with E-state index in [0.717, 1.165) is 48.3 Å². The molecule has 0 aliphatic carbocycles. The van der Waals surface area contributed by atoms with Gasteiger partial charge in [0.05, 0.1) is 0 Å². The van der Waals surface area contributed by atoms with Crippen molar-refractivity contribution in [3.8, 4) is 11.3 Å². The molecule has 2 heterocycles. The maximum absolute atomic E-state index is 6.08. The van der Waals surface area contributed by atoms with Crippen molar-refractivity contribution < 1.29 is 4.42 Å². The molecule has 0 amide bonds. The van der Waals surface area contributed by atoms with Crippen LogP contribution in [0.5, 0.6) is 0 Å². The topological polar surface area (TPSA) is 19.6 Å². The number of thiocarbonyl (C=S) groups is 1. The molecule has 0 bridgehead atoms. The highest BCUT2D eigenvalue weighted by Crippen LogP contribution is 2.26. The summed E-state index contributed by atoms with van der Waals surface area (Å²) in [5.74, 6) is 1.53. The molecule has 1 aliphatic rings. The van der Waals surface area contributed by atoms with Gasteiger partial charge in [-0.3, -0.25) is 0 Å². The van der Waals surface area contributed by atoms with Crippen LogP contribution in [0.25, 0.3) is 11.3 Å². The number of nitrogens with zero attached hydrogens (tertiary/aromatic N) is 2. The first-order valence-corrected chi connectivity index (χ1v) is 9.85. The number of hydrogen-bond donors (Lipinski definition) is 0. The summed E-state index contributed by atoms with van der Waals surface area (Å²) >= 11 is 11.8. The average molecular weight is 397 g/mol. The summed E-state index contributed by atoms with van der Waals surface area (Å²) < 4.78 is 6.01. The van der Waals surface area contributed by atoms with Crippen LogP contribution in [0.15, 0.2) is 65.1 Å². The second kappa shape index (κ2) is 7.75. The van der Waals surface area contributed by atoms with Crippen molar-refractivity contribution in [1.29, 1.82) is 0 Å². The van der Waals surface area contributed by atoms with Gasteiger partial charge in [0, 0.05) is 42.5 Å². The van der Waals surface area contributed by atoms with E-state index in [1.54, 1.807) is 0 Å². The summed E-state index contributed by atoms with van der Waals surface area (Å²) in [5, 5.41) is 0.695.